The van der Waals surface area contributed by atoms with Crippen LogP contribution in [0, 0.1) is 17.7 Å². The van der Waals surface area contributed by atoms with Gasteiger partial charge in [-0.3, -0.25) is 19.2 Å². The van der Waals surface area contributed by atoms with Crippen LogP contribution in [0.15, 0.2) is 59.6 Å². The van der Waals surface area contributed by atoms with E-state index < -0.39 is 66.0 Å². The van der Waals surface area contributed by atoms with Crippen LogP contribution in [0.1, 0.15) is 32.7 Å². The third-order valence-corrected chi connectivity index (χ3v) is 7.85. The molecular formula is C28H29FN4O8S. The number of halogens is 1. The summed E-state index contributed by atoms with van der Waals surface area (Å²) in [7, 11) is 0. The summed E-state index contributed by atoms with van der Waals surface area (Å²) in [5.41, 5.74) is 0.375. The first-order valence-electron chi connectivity index (χ1n) is 12.9. The molecule has 14 heteroatoms. The fraction of sp³-hybridized carbons (Fsp3) is 0.357. The van der Waals surface area contributed by atoms with Gasteiger partial charge in [0.1, 0.15) is 23.6 Å². The summed E-state index contributed by atoms with van der Waals surface area (Å²) in [5.74, 6) is -5.39. The molecule has 1 unspecified atom stereocenters. The van der Waals surface area contributed by atoms with Gasteiger partial charge in [0.05, 0.1) is 31.2 Å². The first-order chi connectivity index (χ1) is 20.0. The van der Waals surface area contributed by atoms with Crippen LogP contribution in [-0.4, -0.2) is 67.2 Å². The first-order valence-corrected chi connectivity index (χ1v) is 13.8. The Labute approximate surface area is 244 Å². The minimum atomic E-state index is -1.17. The molecule has 1 fully saturated rings. The zero-order chi connectivity index (χ0) is 30.4. The molecule has 12 nitrogen and oxygen atoms in total. The number of amides is 1. The molecule has 1 aliphatic rings. The summed E-state index contributed by atoms with van der Waals surface area (Å²) in [6, 6.07) is 11.7. The lowest BCUT2D eigenvalue weighted by Gasteiger charge is -2.45. The largest absolute Gasteiger partial charge is 0.481 e. The SMILES string of the molecule is CC(=O)Nc1cccc(SC2O[C@@H](COC(C)=O)[C@H](CC(=O)O)[C@H](n3cc(-c4cccc(F)c4)nn3)[C@H]2CC(=O)O)c1. The van der Waals surface area contributed by atoms with Crippen LogP contribution >= 0.6 is 11.8 Å². The van der Waals surface area contributed by atoms with Crippen LogP contribution in [-0.2, 0) is 28.7 Å². The molecule has 1 aromatic heterocycles. The Kier molecular flexibility index (Phi) is 9.91. The number of nitrogens with zero attached hydrogens (tertiary/aromatic N) is 3. The highest BCUT2D eigenvalue weighted by atomic mass is 32.2. The van der Waals surface area contributed by atoms with Crippen LogP contribution in [0.4, 0.5) is 10.1 Å². The summed E-state index contributed by atoms with van der Waals surface area (Å²) in [6.45, 7) is 2.30. The second kappa shape index (κ2) is 13.6. The Morgan fingerprint density at radius 2 is 1.76 bits per heavy atom. The van der Waals surface area contributed by atoms with Crippen molar-refractivity contribution in [3.8, 4) is 11.3 Å². The Morgan fingerprint density at radius 1 is 1.05 bits per heavy atom. The number of rotatable bonds is 11. The first kappa shape index (κ1) is 30.7. The maximum atomic E-state index is 13.9. The average molecular weight is 601 g/mol. The highest BCUT2D eigenvalue weighted by Crippen LogP contribution is 2.48. The number of aliphatic carboxylic acids is 2. The number of benzene rings is 2. The van der Waals surface area contributed by atoms with Crippen LogP contribution in [0.25, 0.3) is 11.3 Å². The van der Waals surface area contributed by atoms with Crippen molar-refractivity contribution in [2.24, 2.45) is 11.8 Å². The number of carbonyl (C=O) groups is 4. The Hall–Kier alpha value is -4.30. The average Bonchev–Trinajstić information content (AvgIpc) is 3.38. The van der Waals surface area contributed by atoms with Crippen molar-refractivity contribution in [3.05, 3.63) is 60.5 Å². The number of esters is 1. The van der Waals surface area contributed by atoms with Crippen molar-refractivity contribution in [1.29, 1.82) is 0 Å². The Morgan fingerprint density at radius 3 is 2.43 bits per heavy atom. The molecule has 0 radical (unpaired) electrons. The minimum absolute atomic E-state index is 0.270. The van der Waals surface area contributed by atoms with Gasteiger partial charge in [-0.15, -0.1) is 5.10 Å². The highest BCUT2D eigenvalue weighted by molar-refractivity contribution is 7.99. The molecule has 1 aliphatic heterocycles. The quantitative estimate of drug-likeness (QED) is 0.273. The van der Waals surface area contributed by atoms with Gasteiger partial charge in [-0.05, 0) is 30.3 Å². The molecule has 42 heavy (non-hydrogen) atoms. The minimum Gasteiger partial charge on any atom is -0.481 e. The number of thioether (sulfide) groups is 1. The highest BCUT2D eigenvalue weighted by Gasteiger charge is 2.49. The van der Waals surface area contributed by atoms with Crippen molar-refractivity contribution < 1.29 is 43.3 Å². The van der Waals surface area contributed by atoms with Crippen molar-refractivity contribution in [3.63, 3.8) is 0 Å². The standard InChI is InChI=1S/C28H29FN4O8S/c1-15(34)30-19-7-4-8-20(10-19)42-28-22(12-26(38)39)27(21(11-25(36)37)24(41-28)14-40-16(2)35)33-13-23(31-32-33)17-5-3-6-18(29)9-17/h3-10,13,21-22,24,27-28H,11-12,14H2,1-2H3,(H,30,34)(H,36,37)(H,38,39)/t21-,22+,24-,27-,28?/m0/s1. The number of hydrogen-bond acceptors (Lipinski definition) is 9. The van der Waals surface area contributed by atoms with E-state index in [1.165, 1.54) is 54.7 Å². The molecule has 4 rings (SSSR count). The van der Waals surface area contributed by atoms with Gasteiger partial charge in [0, 0.05) is 41.8 Å². The molecule has 5 atom stereocenters. The molecule has 0 bridgehead atoms. The van der Waals surface area contributed by atoms with Gasteiger partial charge in [0.15, 0.2) is 0 Å². The predicted octanol–water partition coefficient (Wildman–Crippen LogP) is 3.85. The molecule has 0 aliphatic carbocycles. The third kappa shape index (κ3) is 7.91. The topological polar surface area (TPSA) is 170 Å². The van der Waals surface area contributed by atoms with E-state index >= 15 is 0 Å². The fourth-order valence-electron chi connectivity index (χ4n) is 5.00. The molecule has 3 aromatic rings. The van der Waals surface area contributed by atoms with E-state index in [-0.39, 0.29) is 12.5 Å². The zero-order valence-electron chi connectivity index (χ0n) is 22.7. The second-order valence-corrected chi connectivity index (χ2v) is 11.0. The predicted molar refractivity (Wildman–Crippen MR) is 148 cm³/mol. The maximum absolute atomic E-state index is 13.9. The number of aromatic nitrogens is 3. The molecule has 3 N–H and O–H groups in total. The smallest absolute Gasteiger partial charge is 0.303 e. The van der Waals surface area contributed by atoms with Gasteiger partial charge in [-0.2, -0.15) is 0 Å². The molecular weight excluding hydrogens is 571 g/mol. The second-order valence-electron chi connectivity index (χ2n) is 9.78. The van der Waals surface area contributed by atoms with Gasteiger partial charge in [-0.1, -0.05) is 35.2 Å². The number of hydrogen-bond donors (Lipinski definition) is 3. The molecule has 222 valence electrons. The van der Waals surface area contributed by atoms with Crippen LogP contribution < -0.4 is 5.32 Å². The molecule has 0 saturated carbocycles. The number of ether oxygens (including phenoxy) is 2. The lowest BCUT2D eigenvalue weighted by Crippen LogP contribution is -2.50. The van der Waals surface area contributed by atoms with Gasteiger partial charge >= 0.3 is 17.9 Å². The van der Waals surface area contributed by atoms with E-state index in [0.717, 1.165) is 0 Å². The maximum Gasteiger partial charge on any atom is 0.303 e. The van der Waals surface area contributed by atoms with E-state index in [4.69, 9.17) is 9.47 Å². The van der Waals surface area contributed by atoms with Gasteiger partial charge in [0.25, 0.3) is 0 Å². The van der Waals surface area contributed by atoms with Crippen LogP contribution in [0.5, 0.6) is 0 Å². The third-order valence-electron chi connectivity index (χ3n) is 6.63. The van der Waals surface area contributed by atoms with E-state index in [1.807, 2.05) is 0 Å². The molecule has 1 saturated heterocycles. The van der Waals surface area contributed by atoms with Gasteiger partial charge < -0.3 is 25.0 Å². The Balaban J connectivity index is 1.79. The van der Waals surface area contributed by atoms with Crippen LogP contribution in [0.3, 0.4) is 0 Å². The van der Waals surface area contributed by atoms with E-state index in [2.05, 4.69) is 15.6 Å². The summed E-state index contributed by atoms with van der Waals surface area (Å²) < 4.78 is 26.8. The summed E-state index contributed by atoms with van der Waals surface area (Å²) in [5, 5.41) is 30.8. The lowest BCUT2D eigenvalue weighted by atomic mass is 9.79. The van der Waals surface area contributed by atoms with E-state index in [9.17, 15) is 33.8 Å². The number of nitrogens with one attached hydrogen (secondary N) is 1. The number of anilines is 1. The number of carbonyl (C=O) groups excluding carboxylic acids is 2. The fourth-order valence-corrected chi connectivity index (χ4v) is 6.25. The summed E-state index contributed by atoms with van der Waals surface area (Å²) >= 11 is 1.18. The monoisotopic (exact) mass is 600 g/mol. The molecule has 0 spiro atoms. The number of carboxylic acid groups (broad SMARTS) is 2. The molecule has 2 aromatic carbocycles. The van der Waals surface area contributed by atoms with Crippen molar-refractivity contribution in [1.82, 2.24) is 15.0 Å². The zero-order valence-corrected chi connectivity index (χ0v) is 23.5. The summed E-state index contributed by atoms with van der Waals surface area (Å²) in [4.78, 5) is 48.0. The van der Waals surface area contributed by atoms with Crippen LogP contribution in [0.2, 0.25) is 0 Å². The van der Waals surface area contributed by atoms with E-state index in [0.29, 0.717) is 21.8 Å². The van der Waals surface area contributed by atoms with E-state index in [1.54, 1.807) is 30.3 Å². The molecule has 2 heterocycles. The lowest BCUT2D eigenvalue weighted by molar-refractivity contribution is -0.166. The molecule has 1 amide bonds. The van der Waals surface area contributed by atoms with Gasteiger partial charge in [-0.25, -0.2) is 9.07 Å². The van der Waals surface area contributed by atoms with Crippen molar-refractivity contribution >= 4 is 41.3 Å². The van der Waals surface area contributed by atoms with Crippen molar-refractivity contribution in [2.45, 2.75) is 49.2 Å². The Bertz CT molecular complexity index is 1470. The van der Waals surface area contributed by atoms with Gasteiger partial charge in [0.2, 0.25) is 5.91 Å². The van der Waals surface area contributed by atoms with Crippen molar-refractivity contribution in [2.75, 3.05) is 11.9 Å². The summed E-state index contributed by atoms with van der Waals surface area (Å²) in [6.07, 6.45) is -0.301. The number of carboxylic acids is 2. The normalized spacial score (nSPS) is 21.8.